The molecule has 0 bridgehead atoms. The molecule has 9 heteroatoms. The number of fused-ring (bicyclic) bond motifs is 1. The second kappa shape index (κ2) is 8.78. The Labute approximate surface area is 183 Å². The van der Waals surface area contributed by atoms with Gasteiger partial charge in [0.1, 0.15) is 23.7 Å². The van der Waals surface area contributed by atoms with E-state index in [0.29, 0.717) is 17.7 Å². The number of methoxy groups -OCH3 is 1. The van der Waals surface area contributed by atoms with Crippen LogP contribution in [0.3, 0.4) is 0 Å². The van der Waals surface area contributed by atoms with Crippen LogP contribution in [0.2, 0.25) is 0 Å². The Morgan fingerprint density at radius 2 is 2.00 bits per heavy atom. The normalized spacial score (nSPS) is 27.5. The highest BCUT2D eigenvalue weighted by Crippen LogP contribution is 2.39. The quantitative estimate of drug-likeness (QED) is 0.578. The predicted molar refractivity (Wildman–Crippen MR) is 110 cm³/mol. The average molecular weight is 439 g/mol. The van der Waals surface area contributed by atoms with Crippen molar-refractivity contribution in [1.82, 2.24) is 15.0 Å². The summed E-state index contributed by atoms with van der Waals surface area (Å²) in [7, 11) is 1.32. The summed E-state index contributed by atoms with van der Waals surface area (Å²) in [6.45, 7) is 0.250. The topological polar surface area (TPSA) is 84.7 Å². The Morgan fingerprint density at radius 1 is 1.16 bits per heavy atom. The number of rotatable bonds is 4. The summed E-state index contributed by atoms with van der Waals surface area (Å²) < 4.78 is 38.3. The van der Waals surface area contributed by atoms with Gasteiger partial charge in [-0.2, -0.15) is 0 Å². The van der Waals surface area contributed by atoms with Crippen LogP contribution in [0, 0.1) is 5.82 Å². The fraction of sp³-hybridized carbons (Fsp3) is 0.348. The van der Waals surface area contributed by atoms with Crippen LogP contribution in [0.5, 0.6) is 0 Å². The molecule has 5 unspecified atom stereocenters. The van der Waals surface area contributed by atoms with Crippen molar-refractivity contribution in [3.8, 4) is 11.3 Å². The summed E-state index contributed by atoms with van der Waals surface area (Å²) in [4.78, 5) is 12.3. The third kappa shape index (κ3) is 4.02. The molecule has 0 radical (unpaired) electrons. The summed E-state index contributed by atoms with van der Waals surface area (Å²) in [5, 5.41) is 8.48. The predicted octanol–water partition coefficient (Wildman–Crippen LogP) is 3.07. The molecular weight excluding hydrogens is 417 g/mol. The smallest absolute Gasteiger partial charge is 0.335 e. The highest BCUT2D eigenvalue weighted by atomic mass is 19.1. The van der Waals surface area contributed by atoms with E-state index in [9.17, 15) is 9.18 Å². The maximum Gasteiger partial charge on any atom is 0.335 e. The molecule has 0 amide bonds. The zero-order chi connectivity index (χ0) is 22.1. The van der Waals surface area contributed by atoms with Crippen LogP contribution in [-0.4, -0.2) is 53.0 Å². The van der Waals surface area contributed by atoms with Crippen LogP contribution in [0.1, 0.15) is 24.3 Å². The molecule has 0 spiro atoms. The second-order valence-electron chi connectivity index (χ2n) is 7.76. The molecule has 2 aliphatic heterocycles. The maximum atomic E-state index is 13.7. The van der Waals surface area contributed by atoms with E-state index in [-0.39, 0.29) is 18.5 Å². The third-order valence-corrected chi connectivity index (χ3v) is 5.74. The van der Waals surface area contributed by atoms with Crippen LogP contribution < -0.4 is 0 Å². The molecule has 8 nitrogen and oxygen atoms in total. The van der Waals surface area contributed by atoms with Crippen LogP contribution in [-0.2, 0) is 23.7 Å². The first-order valence-corrected chi connectivity index (χ1v) is 10.4. The van der Waals surface area contributed by atoms with Crippen molar-refractivity contribution in [2.75, 3.05) is 13.7 Å². The Kier molecular flexibility index (Phi) is 5.69. The Balaban J connectivity index is 1.45. The number of nitrogens with zero attached hydrogens (tertiary/aromatic N) is 3. The Morgan fingerprint density at radius 3 is 2.78 bits per heavy atom. The van der Waals surface area contributed by atoms with E-state index in [4.69, 9.17) is 18.9 Å². The molecule has 5 rings (SSSR count). The molecule has 5 atom stereocenters. The van der Waals surface area contributed by atoms with Gasteiger partial charge < -0.3 is 18.9 Å². The standard InChI is InChI=1S/C23H22FN3O5/c1-29-22(28)19-11-18(27-12-17(25-26-27)15-8-5-9-16(24)10-15)21-20(31-19)13-30-23(32-21)14-6-3-2-4-7-14/h2-10,12,18-21,23H,11,13H2,1H3. The molecule has 2 aliphatic rings. The first kappa shape index (κ1) is 20.7. The minimum Gasteiger partial charge on any atom is -0.467 e. The summed E-state index contributed by atoms with van der Waals surface area (Å²) in [6.07, 6.45) is -0.247. The third-order valence-electron chi connectivity index (χ3n) is 5.74. The molecule has 0 aliphatic carbocycles. The number of hydrogen-bond donors (Lipinski definition) is 0. The number of carbonyl (C=O) groups excluding carboxylic acids is 1. The lowest BCUT2D eigenvalue weighted by atomic mass is 9.94. The van der Waals surface area contributed by atoms with Crippen molar-refractivity contribution in [3.05, 3.63) is 72.2 Å². The Bertz CT molecular complexity index is 1090. The van der Waals surface area contributed by atoms with E-state index in [1.165, 1.54) is 19.2 Å². The number of hydrogen-bond acceptors (Lipinski definition) is 7. The van der Waals surface area contributed by atoms with Crippen molar-refractivity contribution >= 4 is 5.97 Å². The summed E-state index contributed by atoms with van der Waals surface area (Å²) in [5.74, 6) is -0.823. The van der Waals surface area contributed by atoms with Gasteiger partial charge in [-0.05, 0) is 12.1 Å². The van der Waals surface area contributed by atoms with Gasteiger partial charge in [0.25, 0.3) is 0 Å². The van der Waals surface area contributed by atoms with Gasteiger partial charge in [-0.1, -0.05) is 47.7 Å². The minimum atomic E-state index is -0.784. The van der Waals surface area contributed by atoms with Crippen LogP contribution >= 0.6 is 0 Å². The number of halogens is 1. The Hall–Kier alpha value is -3.14. The first-order valence-electron chi connectivity index (χ1n) is 10.4. The maximum absolute atomic E-state index is 13.7. The van der Waals surface area contributed by atoms with E-state index in [0.717, 1.165) is 5.56 Å². The zero-order valence-electron chi connectivity index (χ0n) is 17.3. The minimum absolute atomic E-state index is 0.250. The lowest BCUT2D eigenvalue weighted by Crippen LogP contribution is -2.54. The second-order valence-corrected chi connectivity index (χ2v) is 7.76. The molecule has 2 fully saturated rings. The number of aromatic nitrogens is 3. The molecule has 2 saturated heterocycles. The highest BCUT2D eigenvalue weighted by molar-refractivity contribution is 5.74. The first-order chi connectivity index (χ1) is 15.6. The van der Waals surface area contributed by atoms with Crippen LogP contribution in [0.4, 0.5) is 4.39 Å². The molecular formula is C23H22FN3O5. The van der Waals surface area contributed by atoms with E-state index >= 15 is 0 Å². The molecule has 0 saturated carbocycles. The lowest BCUT2D eigenvalue weighted by Gasteiger charge is -2.45. The molecule has 2 aromatic carbocycles. The van der Waals surface area contributed by atoms with Crippen molar-refractivity contribution in [3.63, 3.8) is 0 Å². The number of esters is 1. The molecule has 0 N–H and O–H groups in total. The van der Waals surface area contributed by atoms with E-state index < -0.39 is 30.6 Å². The van der Waals surface area contributed by atoms with E-state index in [1.54, 1.807) is 23.0 Å². The van der Waals surface area contributed by atoms with Crippen molar-refractivity contribution < 1.29 is 28.1 Å². The summed E-state index contributed by atoms with van der Waals surface area (Å²) in [5.41, 5.74) is 2.02. The van der Waals surface area contributed by atoms with Gasteiger partial charge in [-0.15, -0.1) is 5.10 Å². The fourth-order valence-corrected chi connectivity index (χ4v) is 4.17. The van der Waals surface area contributed by atoms with Crippen LogP contribution in [0.15, 0.2) is 60.8 Å². The lowest BCUT2D eigenvalue weighted by molar-refractivity contribution is -0.298. The largest absolute Gasteiger partial charge is 0.467 e. The highest BCUT2D eigenvalue weighted by Gasteiger charge is 2.47. The van der Waals surface area contributed by atoms with Gasteiger partial charge in [0.2, 0.25) is 0 Å². The van der Waals surface area contributed by atoms with Gasteiger partial charge in [-0.3, -0.25) is 0 Å². The summed E-state index contributed by atoms with van der Waals surface area (Å²) in [6, 6.07) is 15.4. The van der Waals surface area contributed by atoms with Crippen molar-refractivity contribution in [2.45, 2.75) is 37.1 Å². The van der Waals surface area contributed by atoms with Gasteiger partial charge in [0, 0.05) is 17.5 Å². The van der Waals surface area contributed by atoms with Gasteiger partial charge in [0.15, 0.2) is 12.4 Å². The van der Waals surface area contributed by atoms with Gasteiger partial charge in [-0.25, -0.2) is 13.9 Å². The molecule has 3 aromatic rings. The fourth-order valence-electron chi connectivity index (χ4n) is 4.17. The van der Waals surface area contributed by atoms with Crippen molar-refractivity contribution in [2.24, 2.45) is 0 Å². The van der Waals surface area contributed by atoms with Gasteiger partial charge >= 0.3 is 5.97 Å². The van der Waals surface area contributed by atoms with Gasteiger partial charge in [0.05, 0.1) is 26.0 Å². The zero-order valence-corrected chi connectivity index (χ0v) is 17.3. The molecule has 1 aromatic heterocycles. The van der Waals surface area contributed by atoms with E-state index in [1.807, 2.05) is 30.3 Å². The number of carbonyl (C=O) groups is 1. The van der Waals surface area contributed by atoms with Crippen LogP contribution in [0.25, 0.3) is 11.3 Å². The average Bonchev–Trinajstić information content (AvgIpc) is 3.33. The SMILES string of the molecule is COC(=O)C1CC(n2cc(-c3cccc(F)c3)nn2)C2OC(c3ccccc3)OCC2O1. The van der Waals surface area contributed by atoms with E-state index in [2.05, 4.69) is 10.3 Å². The monoisotopic (exact) mass is 439 g/mol. The summed E-state index contributed by atoms with van der Waals surface area (Å²) >= 11 is 0. The molecule has 32 heavy (non-hydrogen) atoms. The van der Waals surface area contributed by atoms with Crippen molar-refractivity contribution in [1.29, 1.82) is 0 Å². The number of benzene rings is 2. The number of ether oxygens (including phenoxy) is 4. The molecule has 166 valence electrons. The molecule has 3 heterocycles.